The third-order valence-corrected chi connectivity index (χ3v) is 12.1. The van der Waals surface area contributed by atoms with Gasteiger partial charge < -0.3 is 14.2 Å². The van der Waals surface area contributed by atoms with E-state index in [-0.39, 0.29) is 37.5 Å². The molecule has 0 aromatic rings. The number of hydrogen-bond donors (Lipinski definition) is 0. The van der Waals surface area contributed by atoms with Gasteiger partial charge in [-0.2, -0.15) is 0 Å². The first-order valence-corrected chi connectivity index (χ1v) is 28.6. The van der Waals surface area contributed by atoms with Crippen LogP contribution in [0.1, 0.15) is 271 Å². The summed E-state index contributed by atoms with van der Waals surface area (Å²) in [6.45, 7) is 6.53. The van der Waals surface area contributed by atoms with Gasteiger partial charge >= 0.3 is 17.9 Å². The maximum Gasteiger partial charge on any atom is 0.306 e. The molecular formula is C62H106O6. The molecule has 0 heterocycles. The monoisotopic (exact) mass is 947 g/mol. The first-order chi connectivity index (χ1) is 33.5. The first kappa shape index (κ1) is 64.6. The number of ether oxygens (including phenoxy) is 3. The molecule has 0 aliphatic heterocycles. The van der Waals surface area contributed by atoms with Crippen molar-refractivity contribution in [1.82, 2.24) is 0 Å². The predicted octanol–water partition coefficient (Wildman–Crippen LogP) is 19.2. The Kier molecular flexibility index (Phi) is 53.4. The van der Waals surface area contributed by atoms with Gasteiger partial charge in [-0.1, -0.05) is 241 Å². The lowest BCUT2D eigenvalue weighted by molar-refractivity contribution is -0.167. The van der Waals surface area contributed by atoms with Crippen molar-refractivity contribution >= 4 is 17.9 Å². The second-order valence-corrected chi connectivity index (χ2v) is 18.8. The Hall–Kier alpha value is -3.41. The molecule has 6 nitrogen and oxygen atoms in total. The fourth-order valence-electron chi connectivity index (χ4n) is 7.79. The maximum absolute atomic E-state index is 12.8. The Bertz CT molecular complexity index is 1320. The molecule has 0 aromatic carbocycles. The molecule has 390 valence electrons. The summed E-state index contributed by atoms with van der Waals surface area (Å²) in [4.78, 5) is 38.1. The highest BCUT2D eigenvalue weighted by molar-refractivity contribution is 5.71. The van der Waals surface area contributed by atoms with Crippen LogP contribution in [0, 0.1) is 0 Å². The highest BCUT2D eigenvalue weighted by Gasteiger charge is 2.19. The SMILES string of the molecule is CCCCC/C=C/C/C=C/C/C=C/C/C=C/CCCC(=O)OC[C@@H](COC(=O)CCCCCCCCCCCCCCCCCC)OC(=O)CCCCCC/C=C/C/C=C/C/C=C/CCCCC. The van der Waals surface area contributed by atoms with Gasteiger partial charge in [-0.05, 0) is 96.3 Å². The molecule has 0 saturated heterocycles. The minimum absolute atomic E-state index is 0.101. The van der Waals surface area contributed by atoms with Gasteiger partial charge in [0.25, 0.3) is 0 Å². The van der Waals surface area contributed by atoms with Crippen LogP contribution in [0.2, 0.25) is 0 Å². The van der Waals surface area contributed by atoms with Crippen LogP contribution < -0.4 is 0 Å². The quantitative estimate of drug-likeness (QED) is 0.0262. The van der Waals surface area contributed by atoms with Crippen LogP contribution in [0.25, 0.3) is 0 Å². The fraction of sp³-hybridized carbons (Fsp3) is 0.726. The highest BCUT2D eigenvalue weighted by Crippen LogP contribution is 2.15. The van der Waals surface area contributed by atoms with Crippen molar-refractivity contribution in [2.24, 2.45) is 0 Å². The second kappa shape index (κ2) is 56.2. The molecule has 68 heavy (non-hydrogen) atoms. The molecule has 0 fully saturated rings. The highest BCUT2D eigenvalue weighted by atomic mass is 16.6. The van der Waals surface area contributed by atoms with Crippen LogP contribution in [-0.2, 0) is 28.6 Å². The molecule has 6 heteroatoms. The summed E-state index contributed by atoms with van der Waals surface area (Å²) in [7, 11) is 0. The molecule has 1 atom stereocenters. The third kappa shape index (κ3) is 53.5. The van der Waals surface area contributed by atoms with Crippen molar-refractivity contribution < 1.29 is 28.6 Å². The number of unbranched alkanes of at least 4 members (excludes halogenated alkanes) is 26. The lowest BCUT2D eigenvalue weighted by atomic mass is 10.0. The van der Waals surface area contributed by atoms with E-state index in [4.69, 9.17) is 14.2 Å². The second-order valence-electron chi connectivity index (χ2n) is 18.8. The van der Waals surface area contributed by atoms with E-state index in [1.807, 2.05) is 0 Å². The van der Waals surface area contributed by atoms with E-state index in [2.05, 4.69) is 106 Å². The molecule has 0 bridgehead atoms. The lowest BCUT2D eigenvalue weighted by Crippen LogP contribution is -2.30. The van der Waals surface area contributed by atoms with E-state index in [0.29, 0.717) is 19.3 Å². The average molecular weight is 948 g/mol. The molecule has 0 aromatic heterocycles. The predicted molar refractivity (Wildman–Crippen MR) is 293 cm³/mol. The van der Waals surface area contributed by atoms with Crippen LogP contribution in [-0.4, -0.2) is 37.2 Å². The van der Waals surface area contributed by atoms with Gasteiger partial charge in [0, 0.05) is 19.3 Å². The van der Waals surface area contributed by atoms with Crippen molar-refractivity contribution in [3.63, 3.8) is 0 Å². The topological polar surface area (TPSA) is 78.9 Å². The smallest absolute Gasteiger partial charge is 0.306 e. The number of carbonyl (C=O) groups excluding carboxylic acids is 3. The Morgan fingerprint density at radius 3 is 0.912 bits per heavy atom. The van der Waals surface area contributed by atoms with Crippen molar-refractivity contribution in [2.45, 2.75) is 277 Å². The largest absolute Gasteiger partial charge is 0.462 e. The van der Waals surface area contributed by atoms with Gasteiger partial charge in [-0.25, -0.2) is 0 Å². The summed E-state index contributed by atoms with van der Waals surface area (Å²) in [5.41, 5.74) is 0. The molecule has 0 unspecified atom stereocenters. The van der Waals surface area contributed by atoms with Crippen molar-refractivity contribution in [3.8, 4) is 0 Å². The van der Waals surface area contributed by atoms with E-state index in [1.54, 1.807) is 0 Å². The van der Waals surface area contributed by atoms with Crippen LogP contribution >= 0.6 is 0 Å². The minimum atomic E-state index is -0.809. The minimum Gasteiger partial charge on any atom is -0.462 e. The number of allylic oxidation sites excluding steroid dienone is 14. The lowest BCUT2D eigenvalue weighted by Gasteiger charge is -2.18. The number of carbonyl (C=O) groups is 3. The molecule has 0 spiro atoms. The number of rotatable bonds is 51. The summed E-state index contributed by atoms with van der Waals surface area (Å²) in [5, 5.41) is 0. The van der Waals surface area contributed by atoms with Crippen molar-refractivity contribution in [3.05, 3.63) is 85.1 Å². The molecule has 0 aliphatic rings. The normalized spacial score (nSPS) is 12.7. The Balaban J connectivity index is 4.50. The molecular weight excluding hydrogens is 841 g/mol. The van der Waals surface area contributed by atoms with E-state index < -0.39 is 6.10 Å². The zero-order chi connectivity index (χ0) is 49.3. The van der Waals surface area contributed by atoms with Crippen molar-refractivity contribution in [1.29, 1.82) is 0 Å². The molecule has 0 saturated carbocycles. The van der Waals surface area contributed by atoms with Gasteiger partial charge in [-0.15, -0.1) is 0 Å². The van der Waals surface area contributed by atoms with Gasteiger partial charge in [-0.3, -0.25) is 14.4 Å². The zero-order valence-corrected chi connectivity index (χ0v) is 44.6. The summed E-state index contributed by atoms with van der Waals surface area (Å²) < 4.78 is 16.8. The fourth-order valence-corrected chi connectivity index (χ4v) is 7.79. The standard InChI is InChI=1S/C62H106O6/c1-4-7-10-13-16-19-22-25-28-31-34-37-40-43-46-49-52-55-61(64)67-58-59(57-66-60(63)54-51-48-45-42-39-36-33-30-27-24-21-18-15-12-9-6-3)68-62(65)56-53-50-47-44-41-38-35-32-29-26-23-20-17-14-11-8-5-2/h16-17,19-20,25-26,28-29,34-35,37-38,43,46,59H,4-15,18,21-24,27,30-33,36,39-42,44-45,47-58H2,1-3H3/b19-16+,20-17+,28-25+,29-26+,37-34+,38-35+,46-43+/t59-/m1/s1. The van der Waals surface area contributed by atoms with E-state index in [0.717, 1.165) is 89.9 Å². The van der Waals surface area contributed by atoms with E-state index >= 15 is 0 Å². The number of hydrogen-bond acceptors (Lipinski definition) is 6. The van der Waals surface area contributed by atoms with Gasteiger partial charge in [0.05, 0.1) is 0 Å². The van der Waals surface area contributed by atoms with Crippen LogP contribution in [0.4, 0.5) is 0 Å². The maximum atomic E-state index is 12.8. The Morgan fingerprint density at radius 2 is 0.544 bits per heavy atom. The summed E-state index contributed by atoms with van der Waals surface area (Å²) in [5.74, 6) is -0.975. The summed E-state index contributed by atoms with van der Waals surface area (Å²) >= 11 is 0. The summed E-state index contributed by atoms with van der Waals surface area (Å²) in [6.07, 6.45) is 72.9. The average Bonchev–Trinajstić information content (AvgIpc) is 3.34. The molecule has 0 aliphatic carbocycles. The molecule has 0 N–H and O–H groups in total. The van der Waals surface area contributed by atoms with Crippen molar-refractivity contribution in [2.75, 3.05) is 13.2 Å². The summed E-state index contributed by atoms with van der Waals surface area (Å²) in [6, 6.07) is 0. The molecule has 0 amide bonds. The van der Waals surface area contributed by atoms with Crippen LogP contribution in [0.15, 0.2) is 85.1 Å². The van der Waals surface area contributed by atoms with E-state index in [1.165, 1.54) is 135 Å². The number of esters is 3. The molecule has 0 rings (SSSR count). The third-order valence-electron chi connectivity index (χ3n) is 12.1. The van der Waals surface area contributed by atoms with Crippen LogP contribution in [0.5, 0.6) is 0 Å². The Labute approximate surface area is 420 Å². The van der Waals surface area contributed by atoms with Gasteiger partial charge in [0.15, 0.2) is 6.10 Å². The van der Waals surface area contributed by atoms with E-state index in [9.17, 15) is 14.4 Å². The zero-order valence-electron chi connectivity index (χ0n) is 44.6. The van der Waals surface area contributed by atoms with Gasteiger partial charge in [0.1, 0.15) is 13.2 Å². The van der Waals surface area contributed by atoms with Crippen LogP contribution in [0.3, 0.4) is 0 Å². The first-order valence-electron chi connectivity index (χ1n) is 28.6. The molecule has 0 radical (unpaired) electrons. The van der Waals surface area contributed by atoms with Gasteiger partial charge in [0.2, 0.25) is 0 Å². The Morgan fingerprint density at radius 1 is 0.294 bits per heavy atom.